The van der Waals surface area contributed by atoms with E-state index in [0.29, 0.717) is 13.1 Å². The van der Waals surface area contributed by atoms with Crippen LogP contribution in [-0.2, 0) is 10.0 Å². The minimum Gasteiger partial charge on any atom is -0.313 e. The first-order valence-corrected chi connectivity index (χ1v) is 8.61. The molecule has 0 saturated heterocycles. The average molecular weight is 298 g/mol. The molecule has 0 fully saturated rings. The number of nitrogens with zero attached hydrogens (tertiary/aromatic N) is 1. The molecule has 0 spiro atoms. The normalized spacial score (nSPS) is 13.5. The van der Waals surface area contributed by atoms with Crippen molar-refractivity contribution in [3.05, 3.63) is 29.8 Å². The summed E-state index contributed by atoms with van der Waals surface area (Å²) in [5.41, 5.74) is 1.80. The van der Waals surface area contributed by atoms with E-state index in [1.807, 2.05) is 52.0 Å². The summed E-state index contributed by atoms with van der Waals surface area (Å²) in [5.74, 6) is 0. The highest BCUT2D eigenvalue weighted by Crippen LogP contribution is 2.21. The lowest BCUT2D eigenvalue weighted by molar-refractivity contribution is 0.547. The molecule has 5 heteroatoms. The number of nitrogens with one attached hydrogen (secondary N) is 1. The summed E-state index contributed by atoms with van der Waals surface area (Å²) >= 11 is 0. The Hall–Kier alpha value is -1.07. The largest absolute Gasteiger partial charge is 0.313 e. The van der Waals surface area contributed by atoms with Crippen molar-refractivity contribution in [2.75, 3.05) is 17.4 Å². The second-order valence-corrected chi connectivity index (χ2v) is 7.70. The molecule has 20 heavy (non-hydrogen) atoms. The Bertz CT molecular complexity index is 526. The molecular formula is C15H26N2O2S. The Kier molecular flexibility index (Phi) is 6.02. The summed E-state index contributed by atoms with van der Waals surface area (Å²) in [6.07, 6.45) is 0. The summed E-state index contributed by atoms with van der Waals surface area (Å²) in [6, 6.07) is 7.88. The zero-order valence-electron chi connectivity index (χ0n) is 13.1. The van der Waals surface area contributed by atoms with Gasteiger partial charge in [-0.3, -0.25) is 4.31 Å². The van der Waals surface area contributed by atoms with Crippen LogP contribution in [0.1, 0.15) is 33.3 Å². The highest BCUT2D eigenvalue weighted by atomic mass is 32.2. The quantitative estimate of drug-likeness (QED) is 0.841. The zero-order valence-corrected chi connectivity index (χ0v) is 13.9. The topological polar surface area (TPSA) is 49.4 Å². The van der Waals surface area contributed by atoms with Crippen molar-refractivity contribution in [2.24, 2.45) is 0 Å². The maximum Gasteiger partial charge on any atom is 0.239 e. The first-order valence-electron chi connectivity index (χ1n) is 7.10. The van der Waals surface area contributed by atoms with Crippen LogP contribution in [0.3, 0.4) is 0 Å². The summed E-state index contributed by atoms with van der Waals surface area (Å²) in [7, 11) is -3.35. The van der Waals surface area contributed by atoms with Gasteiger partial charge in [-0.2, -0.15) is 0 Å². The third-order valence-corrected chi connectivity index (χ3v) is 5.47. The number of benzene rings is 1. The van der Waals surface area contributed by atoms with Crippen LogP contribution in [-0.4, -0.2) is 32.8 Å². The Morgan fingerprint density at radius 1 is 1.25 bits per heavy atom. The fourth-order valence-electron chi connectivity index (χ4n) is 2.02. The van der Waals surface area contributed by atoms with Gasteiger partial charge < -0.3 is 5.32 Å². The maximum absolute atomic E-state index is 12.7. The molecule has 4 nitrogen and oxygen atoms in total. The number of sulfonamides is 1. The molecule has 1 rings (SSSR count). The Labute approximate surface area is 123 Å². The molecule has 0 aromatic heterocycles. The fraction of sp³-hybridized carbons (Fsp3) is 0.600. The predicted molar refractivity (Wildman–Crippen MR) is 85.7 cm³/mol. The zero-order chi connectivity index (χ0) is 15.3. The fourth-order valence-corrected chi connectivity index (χ4v) is 3.53. The van der Waals surface area contributed by atoms with Crippen molar-refractivity contribution in [1.82, 2.24) is 5.32 Å². The third-order valence-electron chi connectivity index (χ3n) is 3.21. The van der Waals surface area contributed by atoms with E-state index < -0.39 is 15.3 Å². The Balaban J connectivity index is 2.98. The van der Waals surface area contributed by atoms with Crippen molar-refractivity contribution in [1.29, 1.82) is 0 Å². The van der Waals surface area contributed by atoms with Gasteiger partial charge in [-0.25, -0.2) is 8.42 Å². The lowest BCUT2D eigenvalue weighted by Gasteiger charge is -2.27. The first kappa shape index (κ1) is 17.0. The second kappa shape index (κ2) is 7.09. The molecule has 0 bridgehead atoms. The average Bonchev–Trinajstić information content (AvgIpc) is 2.36. The van der Waals surface area contributed by atoms with Gasteiger partial charge in [-0.15, -0.1) is 0 Å². The van der Waals surface area contributed by atoms with E-state index in [1.54, 1.807) is 6.92 Å². The second-order valence-electron chi connectivity index (χ2n) is 5.42. The molecule has 0 aliphatic rings. The van der Waals surface area contributed by atoms with Crippen LogP contribution in [0.5, 0.6) is 0 Å². The summed E-state index contributed by atoms with van der Waals surface area (Å²) in [4.78, 5) is 0. The number of anilines is 1. The molecule has 0 radical (unpaired) electrons. The van der Waals surface area contributed by atoms with Crippen molar-refractivity contribution in [2.45, 2.75) is 45.9 Å². The van der Waals surface area contributed by atoms with E-state index in [4.69, 9.17) is 0 Å². The predicted octanol–water partition coefficient (Wildman–Crippen LogP) is 2.54. The third kappa shape index (κ3) is 4.21. The lowest BCUT2D eigenvalue weighted by Crippen LogP contribution is -2.43. The first-order chi connectivity index (χ1) is 9.28. The molecular weight excluding hydrogens is 272 g/mol. The van der Waals surface area contributed by atoms with Gasteiger partial charge in [-0.05, 0) is 38.5 Å². The van der Waals surface area contributed by atoms with Gasteiger partial charge in [0.05, 0.1) is 10.9 Å². The minimum absolute atomic E-state index is 0.279. The van der Waals surface area contributed by atoms with Crippen LogP contribution < -0.4 is 9.62 Å². The van der Waals surface area contributed by atoms with Crippen LogP contribution in [0.15, 0.2) is 24.3 Å². The van der Waals surface area contributed by atoms with Crippen molar-refractivity contribution in [3.8, 4) is 0 Å². The molecule has 114 valence electrons. The van der Waals surface area contributed by atoms with Crippen molar-refractivity contribution >= 4 is 15.7 Å². The van der Waals surface area contributed by atoms with E-state index >= 15 is 0 Å². The number of aryl methyl sites for hydroxylation is 1. The van der Waals surface area contributed by atoms with Gasteiger partial charge in [0.1, 0.15) is 0 Å². The molecule has 0 aliphatic heterocycles. The van der Waals surface area contributed by atoms with Crippen molar-refractivity contribution in [3.63, 3.8) is 0 Å². The molecule has 1 N–H and O–H groups in total. The van der Waals surface area contributed by atoms with Crippen molar-refractivity contribution < 1.29 is 8.42 Å². The summed E-state index contributed by atoms with van der Waals surface area (Å²) in [6.45, 7) is 10.5. The maximum atomic E-state index is 12.7. The summed E-state index contributed by atoms with van der Waals surface area (Å²) < 4.78 is 26.8. The van der Waals surface area contributed by atoms with Crippen LogP contribution in [0.4, 0.5) is 5.69 Å². The molecule has 1 atom stereocenters. The van der Waals surface area contributed by atoms with Crippen LogP contribution in [0, 0.1) is 6.92 Å². The Morgan fingerprint density at radius 2 is 1.90 bits per heavy atom. The summed E-state index contributed by atoms with van der Waals surface area (Å²) in [5, 5.41) is 2.73. The smallest absolute Gasteiger partial charge is 0.239 e. The monoisotopic (exact) mass is 298 g/mol. The van der Waals surface area contributed by atoms with Gasteiger partial charge in [0, 0.05) is 19.1 Å². The van der Waals surface area contributed by atoms with Crippen LogP contribution >= 0.6 is 0 Å². The number of hydrogen-bond acceptors (Lipinski definition) is 3. The van der Waals surface area contributed by atoms with Crippen LogP contribution in [0.25, 0.3) is 0 Å². The molecule has 0 aliphatic carbocycles. The van der Waals surface area contributed by atoms with E-state index in [2.05, 4.69) is 5.32 Å². The standard InChI is InChI=1S/C15H26N2O2S/c1-6-17(15-9-7-8-13(4)10-15)20(18,19)14(5)11-16-12(2)3/h7-10,12,14,16H,6,11H2,1-5H3. The molecule has 0 saturated carbocycles. The highest BCUT2D eigenvalue weighted by molar-refractivity contribution is 7.93. The highest BCUT2D eigenvalue weighted by Gasteiger charge is 2.28. The van der Waals surface area contributed by atoms with Gasteiger partial charge in [-0.1, -0.05) is 26.0 Å². The lowest BCUT2D eigenvalue weighted by atomic mass is 10.2. The van der Waals surface area contributed by atoms with Gasteiger partial charge in [0.15, 0.2) is 0 Å². The number of rotatable bonds is 7. The van der Waals surface area contributed by atoms with Gasteiger partial charge >= 0.3 is 0 Å². The SMILES string of the molecule is CCN(c1cccc(C)c1)S(=O)(=O)C(C)CNC(C)C. The van der Waals surface area contributed by atoms with E-state index in [9.17, 15) is 8.42 Å². The molecule has 1 unspecified atom stereocenters. The van der Waals surface area contributed by atoms with Crippen LogP contribution in [0.2, 0.25) is 0 Å². The van der Waals surface area contributed by atoms with E-state index in [0.717, 1.165) is 11.3 Å². The van der Waals surface area contributed by atoms with E-state index in [-0.39, 0.29) is 6.04 Å². The van der Waals surface area contributed by atoms with Gasteiger partial charge in [0.25, 0.3) is 0 Å². The molecule has 1 aromatic rings. The molecule has 0 heterocycles. The van der Waals surface area contributed by atoms with Gasteiger partial charge in [0.2, 0.25) is 10.0 Å². The Morgan fingerprint density at radius 3 is 2.40 bits per heavy atom. The molecule has 0 amide bonds. The van der Waals surface area contributed by atoms with E-state index in [1.165, 1.54) is 4.31 Å². The molecule has 1 aromatic carbocycles. The number of hydrogen-bond donors (Lipinski definition) is 1. The minimum atomic E-state index is -3.35.